The Bertz CT molecular complexity index is 494. The van der Waals surface area contributed by atoms with Crippen molar-refractivity contribution in [2.24, 2.45) is 5.92 Å². The van der Waals surface area contributed by atoms with Gasteiger partial charge in [-0.25, -0.2) is 8.42 Å². The third-order valence-electron chi connectivity index (χ3n) is 3.23. The molecule has 0 amide bonds. The molecule has 5 heteroatoms. The largest absolute Gasteiger partial charge is 0.384 e. The lowest BCUT2D eigenvalue weighted by atomic mass is 10.2. The Balaban J connectivity index is 1.95. The SMILES string of the molecule is CCS(=O)(=O)c1ccc(NCC(Cl)C2CC2)cc1. The Morgan fingerprint density at radius 1 is 1.33 bits per heavy atom. The van der Waals surface area contributed by atoms with Crippen molar-refractivity contribution in [3.8, 4) is 0 Å². The van der Waals surface area contributed by atoms with Crippen LogP contribution in [0.3, 0.4) is 0 Å². The van der Waals surface area contributed by atoms with E-state index in [1.165, 1.54) is 12.8 Å². The lowest BCUT2D eigenvalue weighted by molar-refractivity contribution is 0.597. The van der Waals surface area contributed by atoms with Crippen molar-refractivity contribution in [2.75, 3.05) is 17.6 Å². The van der Waals surface area contributed by atoms with Gasteiger partial charge in [0.25, 0.3) is 0 Å². The molecule has 2 rings (SSSR count). The third kappa shape index (κ3) is 3.39. The molecule has 100 valence electrons. The molecule has 0 saturated heterocycles. The minimum absolute atomic E-state index is 0.130. The number of anilines is 1. The molecule has 0 spiro atoms. The zero-order chi connectivity index (χ0) is 13.2. The highest BCUT2D eigenvalue weighted by molar-refractivity contribution is 7.91. The van der Waals surface area contributed by atoms with Crippen molar-refractivity contribution < 1.29 is 8.42 Å². The van der Waals surface area contributed by atoms with Gasteiger partial charge in [-0.05, 0) is 43.0 Å². The molecule has 1 unspecified atom stereocenters. The van der Waals surface area contributed by atoms with Gasteiger partial charge in [0, 0.05) is 12.2 Å². The van der Waals surface area contributed by atoms with Crippen LogP contribution in [0.4, 0.5) is 5.69 Å². The Morgan fingerprint density at radius 3 is 2.44 bits per heavy atom. The van der Waals surface area contributed by atoms with Gasteiger partial charge in [-0.2, -0.15) is 0 Å². The van der Waals surface area contributed by atoms with E-state index in [2.05, 4.69) is 5.32 Å². The molecule has 0 bridgehead atoms. The van der Waals surface area contributed by atoms with Crippen molar-refractivity contribution in [3.63, 3.8) is 0 Å². The molecule has 0 radical (unpaired) electrons. The summed E-state index contributed by atoms with van der Waals surface area (Å²) in [7, 11) is -3.10. The van der Waals surface area contributed by atoms with Crippen LogP contribution in [-0.4, -0.2) is 26.1 Å². The number of nitrogens with one attached hydrogen (secondary N) is 1. The van der Waals surface area contributed by atoms with E-state index in [1.54, 1.807) is 31.2 Å². The minimum atomic E-state index is -3.10. The van der Waals surface area contributed by atoms with Gasteiger partial charge in [0.2, 0.25) is 0 Å². The highest BCUT2D eigenvalue weighted by Crippen LogP contribution is 2.35. The molecular formula is C13H18ClNO2S. The molecule has 1 aromatic carbocycles. The minimum Gasteiger partial charge on any atom is -0.384 e. The summed E-state index contributed by atoms with van der Waals surface area (Å²) in [6.45, 7) is 2.38. The predicted octanol–water partition coefficient (Wildman–Crippen LogP) is 2.91. The Labute approximate surface area is 113 Å². The summed E-state index contributed by atoms with van der Waals surface area (Å²) in [6.07, 6.45) is 2.45. The summed E-state index contributed by atoms with van der Waals surface area (Å²) in [6, 6.07) is 6.86. The Kier molecular flexibility index (Phi) is 4.17. The summed E-state index contributed by atoms with van der Waals surface area (Å²) in [5.41, 5.74) is 0.913. The van der Waals surface area contributed by atoms with Crippen molar-refractivity contribution in [1.29, 1.82) is 0 Å². The molecule has 1 fully saturated rings. The second-order valence-electron chi connectivity index (χ2n) is 4.66. The topological polar surface area (TPSA) is 46.2 Å². The fourth-order valence-corrected chi connectivity index (χ4v) is 3.00. The van der Waals surface area contributed by atoms with Crippen LogP contribution in [0.15, 0.2) is 29.2 Å². The summed E-state index contributed by atoms with van der Waals surface area (Å²) in [5.74, 6) is 0.782. The summed E-state index contributed by atoms with van der Waals surface area (Å²) >= 11 is 6.20. The number of rotatable bonds is 6. The van der Waals surface area contributed by atoms with E-state index in [0.29, 0.717) is 10.8 Å². The third-order valence-corrected chi connectivity index (χ3v) is 5.49. The van der Waals surface area contributed by atoms with Gasteiger partial charge in [-0.1, -0.05) is 6.92 Å². The van der Waals surface area contributed by atoms with E-state index in [4.69, 9.17) is 11.6 Å². The van der Waals surface area contributed by atoms with Crippen LogP contribution in [0, 0.1) is 5.92 Å². The number of alkyl halides is 1. The zero-order valence-electron chi connectivity index (χ0n) is 10.4. The highest BCUT2D eigenvalue weighted by Gasteiger charge is 2.29. The smallest absolute Gasteiger partial charge is 0.178 e. The summed E-state index contributed by atoms with van der Waals surface area (Å²) in [4.78, 5) is 0.375. The monoisotopic (exact) mass is 287 g/mol. The van der Waals surface area contributed by atoms with Crippen LogP contribution in [0.25, 0.3) is 0 Å². The van der Waals surface area contributed by atoms with E-state index in [1.807, 2.05) is 0 Å². The lowest BCUT2D eigenvalue weighted by Crippen LogP contribution is -2.16. The maximum Gasteiger partial charge on any atom is 0.178 e. The van der Waals surface area contributed by atoms with Crippen LogP contribution < -0.4 is 5.32 Å². The van der Waals surface area contributed by atoms with Crippen LogP contribution in [-0.2, 0) is 9.84 Å². The molecule has 1 aromatic rings. The lowest BCUT2D eigenvalue weighted by Gasteiger charge is -2.11. The van der Waals surface area contributed by atoms with Crippen LogP contribution >= 0.6 is 11.6 Å². The molecule has 1 atom stereocenters. The molecule has 0 heterocycles. The Morgan fingerprint density at radius 2 is 1.94 bits per heavy atom. The summed E-state index contributed by atoms with van der Waals surface area (Å²) in [5, 5.41) is 3.41. The van der Waals surface area contributed by atoms with Crippen LogP contribution in [0.5, 0.6) is 0 Å². The highest BCUT2D eigenvalue weighted by atomic mass is 35.5. The first-order valence-corrected chi connectivity index (χ1v) is 8.32. The van der Waals surface area contributed by atoms with Gasteiger partial charge in [0.1, 0.15) is 0 Å². The molecule has 0 aliphatic heterocycles. The van der Waals surface area contributed by atoms with Crippen molar-refractivity contribution in [2.45, 2.75) is 30.0 Å². The normalized spacial score (nSPS) is 17.4. The Hall–Kier alpha value is -0.740. The number of hydrogen-bond donors (Lipinski definition) is 1. The standard InChI is InChI=1S/C13H18ClNO2S/c1-2-18(16,17)12-7-5-11(6-8-12)15-9-13(14)10-3-4-10/h5-8,10,13,15H,2-4,9H2,1H3. The predicted molar refractivity (Wildman–Crippen MR) is 75.0 cm³/mol. The van der Waals surface area contributed by atoms with Crippen molar-refractivity contribution in [3.05, 3.63) is 24.3 Å². The van der Waals surface area contributed by atoms with E-state index in [9.17, 15) is 8.42 Å². The first kappa shape index (κ1) is 13.7. The van der Waals surface area contributed by atoms with Crippen molar-refractivity contribution in [1.82, 2.24) is 0 Å². The number of sulfone groups is 1. The van der Waals surface area contributed by atoms with Crippen molar-refractivity contribution >= 4 is 27.1 Å². The average Bonchev–Trinajstić information content (AvgIpc) is 3.20. The second-order valence-corrected chi connectivity index (χ2v) is 7.50. The van der Waals surface area contributed by atoms with E-state index in [0.717, 1.165) is 12.2 Å². The fraction of sp³-hybridized carbons (Fsp3) is 0.538. The zero-order valence-corrected chi connectivity index (χ0v) is 12.0. The van der Waals surface area contributed by atoms with Gasteiger partial charge in [-0.15, -0.1) is 11.6 Å². The first-order valence-electron chi connectivity index (χ1n) is 6.23. The molecule has 1 N–H and O–H groups in total. The molecule has 3 nitrogen and oxygen atoms in total. The molecule has 1 saturated carbocycles. The van der Waals surface area contributed by atoms with Crippen LogP contribution in [0.2, 0.25) is 0 Å². The molecule has 18 heavy (non-hydrogen) atoms. The molecule has 1 aliphatic carbocycles. The van der Waals surface area contributed by atoms with E-state index < -0.39 is 9.84 Å². The fourth-order valence-electron chi connectivity index (χ4n) is 1.79. The van der Waals surface area contributed by atoms with Gasteiger partial charge in [-0.3, -0.25) is 0 Å². The molecule has 1 aliphatic rings. The van der Waals surface area contributed by atoms with Gasteiger partial charge >= 0.3 is 0 Å². The van der Waals surface area contributed by atoms with E-state index >= 15 is 0 Å². The first-order chi connectivity index (χ1) is 8.53. The second kappa shape index (κ2) is 5.49. The maximum absolute atomic E-state index is 11.6. The molecular weight excluding hydrogens is 270 g/mol. The maximum atomic E-state index is 11.6. The quantitative estimate of drug-likeness (QED) is 0.818. The van der Waals surface area contributed by atoms with Crippen LogP contribution in [0.1, 0.15) is 19.8 Å². The average molecular weight is 288 g/mol. The number of benzene rings is 1. The van der Waals surface area contributed by atoms with Gasteiger partial charge < -0.3 is 5.32 Å². The number of halogens is 1. The summed E-state index contributed by atoms with van der Waals surface area (Å²) < 4.78 is 23.3. The van der Waals surface area contributed by atoms with Gasteiger partial charge in [0.05, 0.1) is 16.0 Å². The number of hydrogen-bond acceptors (Lipinski definition) is 3. The van der Waals surface area contributed by atoms with E-state index in [-0.39, 0.29) is 11.1 Å². The molecule has 0 aromatic heterocycles. The van der Waals surface area contributed by atoms with Gasteiger partial charge in [0.15, 0.2) is 9.84 Å².